The van der Waals surface area contributed by atoms with Crippen LogP contribution in [0.25, 0.3) is 0 Å². The molecular formula is C19H18FN3O2. The van der Waals surface area contributed by atoms with E-state index in [9.17, 15) is 4.39 Å². The van der Waals surface area contributed by atoms with Crippen LogP contribution in [0.4, 0.5) is 4.39 Å². The molecule has 1 heterocycles. The zero-order chi connectivity index (χ0) is 17.6. The molecule has 0 bridgehead atoms. The monoisotopic (exact) mass is 339 g/mol. The molecule has 5 nitrogen and oxygen atoms in total. The number of halogens is 1. The minimum absolute atomic E-state index is 0.255. The van der Waals surface area contributed by atoms with Crippen molar-refractivity contribution in [2.75, 3.05) is 0 Å². The summed E-state index contributed by atoms with van der Waals surface area (Å²) in [4.78, 5) is 5.29. The molecule has 0 saturated carbocycles. The highest BCUT2D eigenvalue weighted by Gasteiger charge is 2.14. The molecule has 0 radical (unpaired) electrons. The van der Waals surface area contributed by atoms with Gasteiger partial charge in [0.25, 0.3) is 0 Å². The van der Waals surface area contributed by atoms with Crippen LogP contribution in [0.5, 0.6) is 11.6 Å². The molecule has 0 aliphatic heterocycles. The molecule has 0 amide bonds. The van der Waals surface area contributed by atoms with Crippen LogP contribution in [0.15, 0.2) is 59.8 Å². The first-order valence-electron chi connectivity index (χ1n) is 7.80. The number of aromatic nitrogens is 2. The van der Waals surface area contributed by atoms with Gasteiger partial charge in [0.15, 0.2) is 0 Å². The van der Waals surface area contributed by atoms with Crippen LogP contribution in [0.3, 0.4) is 0 Å². The van der Waals surface area contributed by atoms with Crippen molar-refractivity contribution in [2.45, 2.75) is 13.5 Å². The van der Waals surface area contributed by atoms with E-state index in [2.05, 4.69) is 10.3 Å². The topological polar surface area (TPSA) is 48.6 Å². The fourth-order valence-corrected chi connectivity index (χ4v) is 2.31. The second-order valence-corrected chi connectivity index (χ2v) is 5.48. The summed E-state index contributed by atoms with van der Waals surface area (Å²) < 4.78 is 20.4. The lowest BCUT2D eigenvalue weighted by molar-refractivity contribution is 0.132. The van der Waals surface area contributed by atoms with E-state index < -0.39 is 0 Å². The number of nitrogens with zero attached hydrogens (tertiary/aromatic N) is 3. The smallest absolute Gasteiger partial charge is 0.226 e. The summed E-state index contributed by atoms with van der Waals surface area (Å²) in [5, 5.41) is 8.34. The number of rotatable bonds is 6. The van der Waals surface area contributed by atoms with Gasteiger partial charge in [0.2, 0.25) is 5.88 Å². The first kappa shape index (κ1) is 16.7. The summed E-state index contributed by atoms with van der Waals surface area (Å²) in [7, 11) is 1.81. The Bertz CT molecular complexity index is 858. The Labute approximate surface area is 145 Å². The first-order valence-corrected chi connectivity index (χ1v) is 7.80. The Morgan fingerprint density at radius 3 is 2.56 bits per heavy atom. The van der Waals surface area contributed by atoms with Gasteiger partial charge in [-0.1, -0.05) is 35.5 Å². The number of ether oxygens (including phenoxy) is 1. The number of para-hydroxylation sites is 1. The van der Waals surface area contributed by atoms with Crippen molar-refractivity contribution in [3.05, 3.63) is 77.2 Å². The standard InChI is InChI=1S/C19H18FN3O2/c1-14-18(12-21-24-13-15-8-10-16(20)11-9-15)19(23(2)22-14)25-17-6-4-3-5-7-17/h3-12H,13H2,1-2H3. The average molecular weight is 339 g/mol. The fraction of sp³-hybridized carbons (Fsp3) is 0.158. The summed E-state index contributed by atoms with van der Waals surface area (Å²) in [5.74, 6) is 1.02. The number of benzene rings is 2. The Balaban J connectivity index is 1.70. The molecule has 0 spiro atoms. The van der Waals surface area contributed by atoms with Gasteiger partial charge in [-0.15, -0.1) is 0 Å². The van der Waals surface area contributed by atoms with E-state index in [-0.39, 0.29) is 12.4 Å². The van der Waals surface area contributed by atoms with Crippen LogP contribution < -0.4 is 4.74 Å². The van der Waals surface area contributed by atoms with E-state index >= 15 is 0 Å². The molecule has 25 heavy (non-hydrogen) atoms. The van der Waals surface area contributed by atoms with Gasteiger partial charge in [0.05, 0.1) is 17.5 Å². The van der Waals surface area contributed by atoms with Gasteiger partial charge >= 0.3 is 0 Å². The SMILES string of the molecule is Cc1nn(C)c(Oc2ccccc2)c1C=NOCc1ccc(F)cc1. The van der Waals surface area contributed by atoms with Crippen LogP contribution in [0.1, 0.15) is 16.8 Å². The van der Waals surface area contributed by atoms with Gasteiger partial charge in [-0.2, -0.15) is 5.10 Å². The predicted molar refractivity (Wildman–Crippen MR) is 93.2 cm³/mol. The molecule has 3 rings (SSSR count). The molecule has 128 valence electrons. The summed E-state index contributed by atoms with van der Waals surface area (Å²) >= 11 is 0. The molecule has 0 aliphatic rings. The van der Waals surface area contributed by atoms with Crippen molar-refractivity contribution >= 4 is 6.21 Å². The van der Waals surface area contributed by atoms with E-state index in [0.717, 1.165) is 16.8 Å². The first-order chi connectivity index (χ1) is 12.1. The van der Waals surface area contributed by atoms with Crippen LogP contribution in [0, 0.1) is 12.7 Å². The quantitative estimate of drug-likeness (QED) is 0.499. The average Bonchev–Trinajstić information content (AvgIpc) is 2.88. The van der Waals surface area contributed by atoms with Crippen LogP contribution in [0.2, 0.25) is 0 Å². The van der Waals surface area contributed by atoms with Crippen molar-refractivity contribution in [2.24, 2.45) is 12.2 Å². The highest BCUT2D eigenvalue weighted by Crippen LogP contribution is 2.25. The summed E-state index contributed by atoms with van der Waals surface area (Å²) in [5.41, 5.74) is 2.36. The number of oxime groups is 1. The lowest BCUT2D eigenvalue weighted by Crippen LogP contribution is -1.97. The van der Waals surface area contributed by atoms with E-state index in [4.69, 9.17) is 9.57 Å². The van der Waals surface area contributed by atoms with Crippen LogP contribution in [-0.4, -0.2) is 16.0 Å². The fourth-order valence-electron chi connectivity index (χ4n) is 2.31. The summed E-state index contributed by atoms with van der Waals surface area (Å²) in [6.07, 6.45) is 1.57. The number of hydrogen-bond acceptors (Lipinski definition) is 4. The molecule has 0 saturated heterocycles. The van der Waals surface area contributed by atoms with E-state index in [1.54, 1.807) is 23.0 Å². The highest BCUT2D eigenvalue weighted by molar-refractivity contribution is 5.84. The van der Waals surface area contributed by atoms with Crippen molar-refractivity contribution in [3.8, 4) is 11.6 Å². The zero-order valence-corrected chi connectivity index (χ0v) is 14.0. The minimum atomic E-state index is -0.277. The highest BCUT2D eigenvalue weighted by atomic mass is 19.1. The molecule has 0 unspecified atom stereocenters. The third kappa shape index (κ3) is 4.23. The molecular weight excluding hydrogens is 321 g/mol. The Morgan fingerprint density at radius 1 is 1.12 bits per heavy atom. The third-order valence-electron chi connectivity index (χ3n) is 3.57. The third-order valence-corrected chi connectivity index (χ3v) is 3.57. The van der Waals surface area contributed by atoms with Gasteiger partial charge < -0.3 is 9.57 Å². The van der Waals surface area contributed by atoms with E-state index in [0.29, 0.717) is 11.6 Å². The summed E-state index contributed by atoms with van der Waals surface area (Å²) in [6, 6.07) is 15.6. The second-order valence-electron chi connectivity index (χ2n) is 5.48. The molecule has 3 aromatic rings. The Hall–Kier alpha value is -3.15. The van der Waals surface area contributed by atoms with Crippen molar-refractivity contribution in [1.29, 1.82) is 0 Å². The second kappa shape index (κ2) is 7.61. The molecule has 1 aromatic heterocycles. The predicted octanol–water partition coefficient (Wildman–Crippen LogP) is 4.21. The normalized spacial score (nSPS) is 11.0. The van der Waals surface area contributed by atoms with E-state index in [1.807, 2.05) is 44.3 Å². The Kier molecular flexibility index (Phi) is 5.09. The molecule has 0 atom stereocenters. The minimum Gasteiger partial charge on any atom is -0.439 e. The van der Waals surface area contributed by atoms with Gasteiger partial charge in [-0.25, -0.2) is 9.07 Å². The molecule has 0 aliphatic carbocycles. The molecule has 6 heteroatoms. The maximum absolute atomic E-state index is 12.9. The molecule has 0 fully saturated rings. The molecule has 0 N–H and O–H groups in total. The van der Waals surface area contributed by atoms with Gasteiger partial charge in [0.1, 0.15) is 18.2 Å². The van der Waals surface area contributed by atoms with Crippen molar-refractivity contribution < 1.29 is 14.0 Å². The van der Waals surface area contributed by atoms with Gasteiger partial charge in [-0.3, -0.25) is 0 Å². The zero-order valence-electron chi connectivity index (χ0n) is 14.0. The van der Waals surface area contributed by atoms with Crippen molar-refractivity contribution in [3.63, 3.8) is 0 Å². The largest absolute Gasteiger partial charge is 0.439 e. The van der Waals surface area contributed by atoms with Gasteiger partial charge in [0, 0.05) is 7.05 Å². The van der Waals surface area contributed by atoms with Crippen LogP contribution >= 0.6 is 0 Å². The summed E-state index contributed by atoms with van der Waals surface area (Å²) in [6.45, 7) is 2.13. The van der Waals surface area contributed by atoms with E-state index in [1.165, 1.54) is 12.1 Å². The van der Waals surface area contributed by atoms with Gasteiger partial charge in [-0.05, 0) is 36.8 Å². The van der Waals surface area contributed by atoms with Crippen molar-refractivity contribution in [1.82, 2.24) is 9.78 Å². The lowest BCUT2D eigenvalue weighted by atomic mass is 10.2. The van der Waals surface area contributed by atoms with Crippen LogP contribution in [-0.2, 0) is 18.5 Å². The number of aryl methyl sites for hydroxylation is 2. The molecule has 2 aromatic carbocycles. The lowest BCUT2D eigenvalue weighted by Gasteiger charge is -2.06. The maximum atomic E-state index is 12.9. The Morgan fingerprint density at radius 2 is 1.84 bits per heavy atom. The maximum Gasteiger partial charge on any atom is 0.226 e. The number of hydrogen-bond donors (Lipinski definition) is 0.